The normalized spacial score (nSPS) is 16.4. The Morgan fingerprint density at radius 2 is 1.97 bits per heavy atom. The average Bonchev–Trinajstić information content (AvgIpc) is 3.11. The Kier molecular flexibility index (Phi) is 5.71. The molecule has 4 heterocycles. The van der Waals surface area contributed by atoms with E-state index in [1.54, 1.807) is 13.1 Å². The molecular formula is C23H28N6O2. The lowest BCUT2D eigenvalue weighted by Gasteiger charge is -2.36. The summed E-state index contributed by atoms with van der Waals surface area (Å²) >= 11 is 0. The van der Waals surface area contributed by atoms with Gasteiger partial charge in [-0.3, -0.25) is 9.78 Å². The third-order valence-corrected chi connectivity index (χ3v) is 5.84. The van der Waals surface area contributed by atoms with Gasteiger partial charge < -0.3 is 14.3 Å². The first-order valence-electron chi connectivity index (χ1n) is 10.6. The topological polar surface area (TPSA) is 88.3 Å². The first kappa shape index (κ1) is 21.0. The van der Waals surface area contributed by atoms with Gasteiger partial charge in [0, 0.05) is 44.8 Å². The van der Waals surface area contributed by atoms with Crippen molar-refractivity contribution in [3.8, 4) is 11.1 Å². The molecule has 0 N–H and O–H groups in total. The number of likely N-dealkylation sites (tertiary alicyclic amines) is 1. The van der Waals surface area contributed by atoms with E-state index < -0.39 is 0 Å². The quantitative estimate of drug-likeness (QED) is 0.633. The summed E-state index contributed by atoms with van der Waals surface area (Å²) in [5.41, 5.74) is 5.06. The Morgan fingerprint density at radius 3 is 2.65 bits per heavy atom. The van der Waals surface area contributed by atoms with Crippen LogP contribution in [0.15, 0.2) is 29.2 Å². The highest BCUT2D eigenvalue weighted by atomic mass is 16.5. The van der Waals surface area contributed by atoms with Crippen molar-refractivity contribution in [1.29, 1.82) is 0 Å². The van der Waals surface area contributed by atoms with Gasteiger partial charge in [0.2, 0.25) is 5.95 Å². The molecule has 1 atom stereocenters. The van der Waals surface area contributed by atoms with Gasteiger partial charge in [0.15, 0.2) is 0 Å². The number of aromatic nitrogens is 4. The average molecular weight is 421 g/mol. The van der Waals surface area contributed by atoms with E-state index in [-0.39, 0.29) is 11.9 Å². The molecule has 1 aliphatic heterocycles. The van der Waals surface area contributed by atoms with Gasteiger partial charge in [-0.25, -0.2) is 9.97 Å². The minimum atomic E-state index is -0.154. The molecule has 0 spiro atoms. The molecule has 0 bridgehead atoms. The van der Waals surface area contributed by atoms with Crippen molar-refractivity contribution in [3.63, 3.8) is 0 Å². The summed E-state index contributed by atoms with van der Waals surface area (Å²) in [7, 11) is 3.84. The summed E-state index contributed by atoms with van der Waals surface area (Å²) in [5.74, 6) is 1.12. The highest BCUT2D eigenvalue weighted by Gasteiger charge is 2.34. The van der Waals surface area contributed by atoms with Gasteiger partial charge in [-0.05, 0) is 57.2 Å². The van der Waals surface area contributed by atoms with E-state index in [4.69, 9.17) is 9.51 Å². The zero-order chi connectivity index (χ0) is 22.1. The van der Waals surface area contributed by atoms with Gasteiger partial charge >= 0.3 is 0 Å². The number of piperidine rings is 1. The van der Waals surface area contributed by atoms with Gasteiger partial charge in [0.25, 0.3) is 5.91 Å². The molecule has 8 nitrogen and oxygen atoms in total. The first-order chi connectivity index (χ1) is 14.9. The van der Waals surface area contributed by atoms with Crippen LogP contribution in [0.5, 0.6) is 0 Å². The fraction of sp³-hybridized carbons (Fsp3) is 0.435. The molecule has 8 heteroatoms. The Hall–Kier alpha value is -3.29. The van der Waals surface area contributed by atoms with Crippen molar-refractivity contribution >= 4 is 11.9 Å². The Balaban J connectivity index is 1.84. The summed E-state index contributed by atoms with van der Waals surface area (Å²) in [4.78, 5) is 31.1. The molecule has 0 saturated carbocycles. The number of aryl methyl sites for hydroxylation is 3. The number of nitrogens with zero attached hydrogens (tertiary/aromatic N) is 6. The molecule has 1 amide bonds. The number of pyridine rings is 1. The van der Waals surface area contributed by atoms with Crippen LogP contribution in [0, 0.1) is 20.8 Å². The monoisotopic (exact) mass is 420 g/mol. The van der Waals surface area contributed by atoms with Crippen molar-refractivity contribution in [2.75, 3.05) is 25.5 Å². The molecule has 0 radical (unpaired) electrons. The summed E-state index contributed by atoms with van der Waals surface area (Å²) in [5, 5.41) is 3.98. The Labute approximate surface area is 182 Å². The second kappa shape index (κ2) is 8.45. The highest BCUT2D eigenvalue weighted by molar-refractivity contribution is 5.96. The molecule has 1 fully saturated rings. The standard InChI is InChI=1S/C23H28N6O2/c1-14-12-24-10-9-17(14)18-13-25-23(28(4)5)26-21(18)19-8-6-7-11-29(19)22(30)20-15(2)27-31-16(20)3/h9-10,12-13,19H,6-8,11H2,1-5H3/t19-/m0/s1. The van der Waals surface area contributed by atoms with Crippen molar-refractivity contribution in [2.45, 2.75) is 46.1 Å². The minimum absolute atomic E-state index is 0.0524. The maximum Gasteiger partial charge on any atom is 0.259 e. The fourth-order valence-corrected chi connectivity index (χ4v) is 4.23. The SMILES string of the molecule is Cc1cnccc1-c1cnc(N(C)C)nc1[C@@H]1CCCCN1C(=O)c1c(C)noc1C. The summed E-state index contributed by atoms with van der Waals surface area (Å²) in [6.45, 7) is 6.29. The van der Waals surface area contributed by atoms with Crippen molar-refractivity contribution < 1.29 is 9.32 Å². The van der Waals surface area contributed by atoms with Crippen LogP contribution in [0.2, 0.25) is 0 Å². The molecule has 3 aromatic heterocycles. The predicted molar refractivity (Wildman–Crippen MR) is 118 cm³/mol. The predicted octanol–water partition coefficient (Wildman–Crippen LogP) is 3.89. The van der Waals surface area contributed by atoms with E-state index >= 15 is 0 Å². The number of carbonyl (C=O) groups is 1. The molecule has 3 aromatic rings. The maximum absolute atomic E-state index is 13.6. The lowest BCUT2D eigenvalue weighted by Crippen LogP contribution is -2.39. The van der Waals surface area contributed by atoms with E-state index in [2.05, 4.69) is 15.1 Å². The number of amides is 1. The number of anilines is 1. The van der Waals surface area contributed by atoms with Gasteiger partial charge in [-0.2, -0.15) is 0 Å². The smallest absolute Gasteiger partial charge is 0.259 e. The number of hydrogen-bond acceptors (Lipinski definition) is 7. The number of rotatable bonds is 4. The molecule has 1 aliphatic rings. The van der Waals surface area contributed by atoms with Crippen LogP contribution in [0.3, 0.4) is 0 Å². The van der Waals surface area contributed by atoms with E-state index in [1.165, 1.54) is 0 Å². The molecular weight excluding hydrogens is 392 g/mol. The van der Waals surface area contributed by atoms with Crippen LogP contribution >= 0.6 is 0 Å². The maximum atomic E-state index is 13.6. The van der Waals surface area contributed by atoms with Gasteiger partial charge in [0.05, 0.1) is 17.4 Å². The van der Waals surface area contributed by atoms with Crippen molar-refractivity contribution in [2.24, 2.45) is 0 Å². The lowest BCUT2D eigenvalue weighted by atomic mass is 9.92. The fourth-order valence-electron chi connectivity index (χ4n) is 4.23. The molecule has 31 heavy (non-hydrogen) atoms. The van der Waals surface area contributed by atoms with Gasteiger partial charge in [-0.15, -0.1) is 0 Å². The largest absolute Gasteiger partial charge is 0.361 e. The van der Waals surface area contributed by atoms with E-state index in [9.17, 15) is 4.79 Å². The van der Waals surface area contributed by atoms with E-state index in [1.807, 2.05) is 56.2 Å². The number of carbonyl (C=O) groups excluding carboxylic acids is 1. The summed E-state index contributed by atoms with van der Waals surface area (Å²) in [6.07, 6.45) is 8.32. The zero-order valence-electron chi connectivity index (χ0n) is 18.7. The van der Waals surface area contributed by atoms with Gasteiger partial charge in [-0.1, -0.05) is 5.16 Å². The van der Waals surface area contributed by atoms with Crippen LogP contribution < -0.4 is 4.90 Å². The zero-order valence-corrected chi connectivity index (χ0v) is 18.7. The third-order valence-electron chi connectivity index (χ3n) is 5.84. The van der Waals surface area contributed by atoms with Crippen LogP contribution in [0.25, 0.3) is 11.1 Å². The first-order valence-corrected chi connectivity index (χ1v) is 10.6. The summed E-state index contributed by atoms with van der Waals surface area (Å²) in [6, 6.07) is 1.83. The molecule has 1 saturated heterocycles. The lowest BCUT2D eigenvalue weighted by molar-refractivity contribution is 0.0604. The Bertz CT molecular complexity index is 1090. The molecule has 0 unspecified atom stereocenters. The third kappa shape index (κ3) is 3.89. The Morgan fingerprint density at radius 1 is 1.16 bits per heavy atom. The van der Waals surface area contributed by atoms with Crippen LogP contribution in [0.4, 0.5) is 5.95 Å². The molecule has 0 aliphatic carbocycles. The van der Waals surface area contributed by atoms with E-state index in [0.29, 0.717) is 29.5 Å². The molecule has 162 valence electrons. The summed E-state index contributed by atoms with van der Waals surface area (Å²) < 4.78 is 5.27. The second-order valence-electron chi connectivity index (χ2n) is 8.26. The van der Waals surface area contributed by atoms with Crippen LogP contribution in [-0.4, -0.2) is 51.6 Å². The van der Waals surface area contributed by atoms with E-state index in [0.717, 1.165) is 41.6 Å². The van der Waals surface area contributed by atoms with Crippen LogP contribution in [-0.2, 0) is 0 Å². The minimum Gasteiger partial charge on any atom is -0.361 e. The van der Waals surface area contributed by atoms with Crippen LogP contribution in [0.1, 0.15) is 58.4 Å². The van der Waals surface area contributed by atoms with Crippen molar-refractivity contribution in [1.82, 2.24) is 25.0 Å². The van der Waals surface area contributed by atoms with Gasteiger partial charge in [0.1, 0.15) is 11.3 Å². The van der Waals surface area contributed by atoms with Crippen molar-refractivity contribution in [3.05, 3.63) is 52.9 Å². The highest BCUT2D eigenvalue weighted by Crippen LogP contribution is 2.38. The number of hydrogen-bond donors (Lipinski definition) is 0. The molecule has 4 rings (SSSR count). The molecule has 0 aromatic carbocycles. The second-order valence-corrected chi connectivity index (χ2v) is 8.26.